The second-order valence-corrected chi connectivity index (χ2v) is 16.0. The van der Waals surface area contributed by atoms with E-state index in [0.717, 1.165) is 18.4 Å². The molecule has 2 unspecified atom stereocenters. The minimum absolute atomic E-state index is 0.0658. The molecule has 1 aromatic carbocycles. The van der Waals surface area contributed by atoms with Crippen molar-refractivity contribution >= 4 is 29.4 Å². The zero-order valence-corrected chi connectivity index (χ0v) is 29.5. The number of Topliss-reactive ketones (excluding diaryl/α,β-unsaturated/α-hetero) is 2. The number of urea groups is 1. The Morgan fingerprint density at radius 3 is 2.06 bits per heavy atom. The van der Waals surface area contributed by atoms with Gasteiger partial charge in [0.2, 0.25) is 11.7 Å². The van der Waals surface area contributed by atoms with Crippen molar-refractivity contribution in [2.75, 3.05) is 6.54 Å². The lowest BCUT2D eigenvalue weighted by Gasteiger charge is -2.41. The molecule has 1 saturated carbocycles. The first-order chi connectivity index (χ1) is 21.8. The van der Waals surface area contributed by atoms with E-state index in [-0.39, 0.29) is 30.0 Å². The van der Waals surface area contributed by atoms with E-state index in [1.807, 2.05) is 71.9 Å². The number of benzene rings is 1. The fraction of sp³-hybridized carbons (Fsp3) is 0.694. The molecule has 6 atom stereocenters. The quantitative estimate of drug-likeness (QED) is 0.181. The van der Waals surface area contributed by atoms with E-state index in [9.17, 15) is 29.1 Å². The van der Waals surface area contributed by atoms with Gasteiger partial charge in [-0.25, -0.2) is 4.79 Å². The lowest BCUT2D eigenvalue weighted by molar-refractivity contribution is -0.140. The highest BCUT2D eigenvalue weighted by atomic mass is 16.3. The number of primary amides is 1. The Kier molecular flexibility index (Phi) is 12.8. The van der Waals surface area contributed by atoms with Gasteiger partial charge in [-0.3, -0.25) is 24.1 Å². The summed E-state index contributed by atoms with van der Waals surface area (Å²) in [4.78, 5) is 66.7. The van der Waals surface area contributed by atoms with Crippen LogP contribution in [0.1, 0.15) is 93.1 Å². The van der Waals surface area contributed by atoms with Gasteiger partial charge in [0.05, 0.1) is 24.2 Å². The maximum absolute atomic E-state index is 13.8. The number of hydrogen-bond acceptors (Lipinski definition) is 7. The van der Waals surface area contributed by atoms with Crippen LogP contribution in [0, 0.1) is 28.6 Å². The summed E-state index contributed by atoms with van der Waals surface area (Å²) in [5.41, 5.74) is 5.12. The van der Waals surface area contributed by atoms with E-state index >= 15 is 0 Å². The van der Waals surface area contributed by atoms with Crippen molar-refractivity contribution in [3.8, 4) is 0 Å². The molecule has 47 heavy (non-hydrogen) atoms. The van der Waals surface area contributed by atoms with Crippen LogP contribution in [-0.4, -0.2) is 76.4 Å². The smallest absolute Gasteiger partial charge is 0.315 e. The number of amides is 4. The predicted octanol–water partition coefficient (Wildman–Crippen LogP) is 3.32. The van der Waals surface area contributed by atoms with Crippen LogP contribution in [0.5, 0.6) is 0 Å². The number of ketones is 2. The monoisotopic (exact) mass is 655 g/mol. The second-order valence-electron chi connectivity index (χ2n) is 16.0. The van der Waals surface area contributed by atoms with Crippen molar-refractivity contribution in [3.05, 3.63) is 35.9 Å². The molecule has 4 amide bonds. The van der Waals surface area contributed by atoms with Gasteiger partial charge in [-0.05, 0) is 53.4 Å². The van der Waals surface area contributed by atoms with Crippen molar-refractivity contribution in [3.63, 3.8) is 0 Å². The summed E-state index contributed by atoms with van der Waals surface area (Å²) in [5.74, 6) is -1.94. The summed E-state index contributed by atoms with van der Waals surface area (Å²) in [6.07, 6.45) is 2.19. The molecule has 1 aromatic rings. The van der Waals surface area contributed by atoms with Crippen molar-refractivity contribution in [1.82, 2.24) is 20.9 Å². The Morgan fingerprint density at radius 1 is 0.936 bits per heavy atom. The molecule has 2 aliphatic rings. The highest BCUT2D eigenvalue weighted by molar-refractivity contribution is 6.37. The number of carbonyl (C=O) groups is 5. The van der Waals surface area contributed by atoms with Gasteiger partial charge in [0, 0.05) is 13.0 Å². The summed E-state index contributed by atoms with van der Waals surface area (Å²) in [6, 6.07) is 5.70. The summed E-state index contributed by atoms with van der Waals surface area (Å²) in [6.45, 7) is 15.8. The Bertz CT molecular complexity index is 1270. The van der Waals surface area contributed by atoms with Gasteiger partial charge in [-0.2, -0.15) is 0 Å². The molecule has 1 aliphatic carbocycles. The average molecular weight is 656 g/mol. The van der Waals surface area contributed by atoms with Gasteiger partial charge in [0.1, 0.15) is 6.23 Å². The van der Waals surface area contributed by atoms with Gasteiger partial charge in [0.15, 0.2) is 5.78 Å². The Morgan fingerprint density at radius 2 is 1.55 bits per heavy atom. The third kappa shape index (κ3) is 10.9. The number of nitrogens with one attached hydrogen (secondary N) is 3. The first-order valence-corrected chi connectivity index (χ1v) is 17.0. The molecular formula is C36H57N5O6. The van der Waals surface area contributed by atoms with Crippen LogP contribution in [0.2, 0.25) is 0 Å². The Balaban J connectivity index is 1.78. The molecule has 262 valence electrons. The number of likely N-dealkylation sites (tertiary alicyclic amines) is 1. The molecule has 0 aromatic heterocycles. The van der Waals surface area contributed by atoms with Crippen LogP contribution in [-0.2, 0) is 25.6 Å². The number of aliphatic hydroxyl groups is 1. The third-order valence-corrected chi connectivity index (χ3v) is 9.58. The van der Waals surface area contributed by atoms with Crippen LogP contribution in [0.3, 0.4) is 0 Å². The number of rotatable bonds is 15. The lowest BCUT2D eigenvalue weighted by Crippen LogP contribution is -2.63. The number of aryl methyl sites for hydroxylation is 1. The largest absolute Gasteiger partial charge is 0.376 e. The number of aliphatic hydroxyl groups excluding tert-OH is 1. The normalized spacial score (nSPS) is 21.4. The number of hydrogen-bond donors (Lipinski definition) is 5. The van der Waals surface area contributed by atoms with Crippen molar-refractivity contribution in [2.24, 2.45) is 34.3 Å². The minimum Gasteiger partial charge on any atom is -0.376 e. The molecule has 1 saturated heterocycles. The Labute approximate surface area is 280 Å². The highest BCUT2D eigenvalue weighted by Crippen LogP contribution is 2.36. The maximum Gasteiger partial charge on any atom is 0.315 e. The van der Waals surface area contributed by atoms with E-state index in [1.54, 1.807) is 4.90 Å². The summed E-state index contributed by atoms with van der Waals surface area (Å²) in [5, 5.41) is 20.5. The second kappa shape index (κ2) is 15.7. The molecule has 1 aliphatic heterocycles. The van der Waals surface area contributed by atoms with Crippen molar-refractivity contribution < 1.29 is 29.1 Å². The molecule has 0 bridgehead atoms. The standard InChI is InChI=1S/C36H57N5O6/c1-21(2)24-19-26(32(45)38-25(18-23-14-15-23)28(43)31(37)44)41(20-24)33(46)30(36(6,7)8)40-34(47)39-29(35(3,4)5)27(42)17-16-22-12-10-9-11-13-22/h9-13,21,23-26,29-30,33,46H,14-20H2,1-8H3,(H2,37,44)(H,38,45)(H2,39,40,47)/t24-,25?,26+,29-,30-,33?/m1/s1. The third-order valence-electron chi connectivity index (χ3n) is 9.58. The van der Waals surface area contributed by atoms with Gasteiger partial charge in [0.25, 0.3) is 5.91 Å². The van der Waals surface area contributed by atoms with Gasteiger partial charge < -0.3 is 26.8 Å². The summed E-state index contributed by atoms with van der Waals surface area (Å²) >= 11 is 0. The van der Waals surface area contributed by atoms with E-state index < -0.39 is 64.9 Å². The van der Waals surface area contributed by atoms with Crippen LogP contribution in [0.4, 0.5) is 4.79 Å². The average Bonchev–Trinajstić information content (AvgIpc) is 3.68. The number of carbonyl (C=O) groups excluding carboxylic acids is 5. The highest BCUT2D eigenvalue weighted by Gasteiger charge is 2.47. The van der Waals surface area contributed by atoms with Crippen molar-refractivity contribution in [1.29, 1.82) is 0 Å². The molecule has 2 fully saturated rings. The van der Waals surface area contributed by atoms with Gasteiger partial charge >= 0.3 is 6.03 Å². The molecule has 0 radical (unpaired) electrons. The number of nitrogens with two attached hydrogens (primary N) is 1. The van der Waals surface area contributed by atoms with Gasteiger partial charge in [-0.1, -0.05) is 98.6 Å². The van der Waals surface area contributed by atoms with Crippen LogP contribution >= 0.6 is 0 Å². The first-order valence-electron chi connectivity index (χ1n) is 17.0. The van der Waals surface area contributed by atoms with E-state index in [2.05, 4.69) is 29.8 Å². The molecule has 0 spiro atoms. The SMILES string of the molecule is CC(C)[C@@H]1C[C@@H](C(=O)NC(CC2CC2)C(=O)C(N)=O)N(C(O)[C@@H](NC(=O)N[C@H](C(=O)CCc2ccccc2)C(C)(C)C)C(C)(C)C)C1. The number of nitrogens with zero attached hydrogens (tertiary/aromatic N) is 1. The predicted molar refractivity (Wildman–Crippen MR) is 181 cm³/mol. The van der Waals surface area contributed by atoms with Crippen LogP contribution < -0.4 is 21.7 Å². The summed E-state index contributed by atoms with van der Waals surface area (Å²) < 4.78 is 0. The Hall–Kier alpha value is -3.31. The molecule has 1 heterocycles. The van der Waals surface area contributed by atoms with Crippen LogP contribution in [0.25, 0.3) is 0 Å². The molecular weight excluding hydrogens is 598 g/mol. The molecule has 3 rings (SSSR count). The lowest BCUT2D eigenvalue weighted by atomic mass is 9.82. The van der Waals surface area contributed by atoms with Gasteiger partial charge in [-0.15, -0.1) is 0 Å². The fourth-order valence-electron chi connectivity index (χ4n) is 6.37. The maximum atomic E-state index is 13.8. The minimum atomic E-state index is -1.27. The fourth-order valence-corrected chi connectivity index (χ4v) is 6.37. The van der Waals surface area contributed by atoms with Crippen molar-refractivity contribution in [2.45, 2.75) is 124 Å². The van der Waals surface area contributed by atoms with E-state index in [4.69, 9.17) is 5.73 Å². The topological polar surface area (TPSA) is 171 Å². The molecule has 11 nitrogen and oxygen atoms in total. The molecule has 6 N–H and O–H groups in total. The molecule has 11 heteroatoms. The zero-order chi connectivity index (χ0) is 35.3. The zero-order valence-electron chi connectivity index (χ0n) is 29.5. The first kappa shape index (κ1) is 38.1. The summed E-state index contributed by atoms with van der Waals surface area (Å²) in [7, 11) is 0. The van der Waals surface area contributed by atoms with Crippen LogP contribution in [0.15, 0.2) is 30.3 Å². The van der Waals surface area contributed by atoms with E-state index in [1.165, 1.54) is 0 Å². The van der Waals surface area contributed by atoms with E-state index in [0.29, 0.717) is 25.8 Å².